The minimum atomic E-state index is -1.35. The molecule has 2 aliphatic heterocycles. The fourth-order valence-electron chi connectivity index (χ4n) is 4.37. The SMILES string of the molecule is COc1ccc2cc([C@@]3(C)NC(=O)N(CC(=O)Nc4cc5c(cc4C(C)=O)OCO5)C3=O)ccc2c1. The molecule has 2 heterocycles. The molecule has 4 amide bonds. The lowest BCUT2D eigenvalue weighted by atomic mass is 9.90. The standard InChI is InChI=1S/C26H23N3O7/c1-14(30)19-10-21-22(36-13-35-21)11-20(19)27-23(31)12-29-24(32)26(2,28-25(29)33)17-6-4-16-9-18(34-3)7-5-15(16)8-17/h4-11H,12-13H2,1-3H3,(H,27,31)(H,28,33)/t26-/m1/s1. The monoisotopic (exact) mass is 489 g/mol. The van der Waals surface area contributed by atoms with E-state index in [-0.39, 0.29) is 23.8 Å². The number of carbonyl (C=O) groups is 4. The van der Waals surface area contributed by atoms with Crippen LogP contribution in [-0.4, -0.2) is 49.0 Å². The van der Waals surface area contributed by atoms with Gasteiger partial charge < -0.3 is 24.8 Å². The van der Waals surface area contributed by atoms with E-state index >= 15 is 0 Å². The Morgan fingerprint density at radius 2 is 1.75 bits per heavy atom. The van der Waals surface area contributed by atoms with Crippen molar-refractivity contribution in [3.8, 4) is 17.2 Å². The molecule has 1 fully saturated rings. The van der Waals surface area contributed by atoms with Crippen molar-refractivity contribution < 1.29 is 33.4 Å². The lowest BCUT2D eigenvalue weighted by Gasteiger charge is -2.23. The first-order chi connectivity index (χ1) is 17.2. The third kappa shape index (κ3) is 3.86. The molecule has 3 aromatic carbocycles. The number of methoxy groups -OCH3 is 1. The zero-order chi connectivity index (χ0) is 25.6. The van der Waals surface area contributed by atoms with Crippen molar-refractivity contribution in [3.63, 3.8) is 0 Å². The summed E-state index contributed by atoms with van der Waals surface area (Å²) in [5.74, 6) is -0.00854. The Labute approximate surface area is 206 Å². The zero-order valence-electron chi connectivity index (χ0n) is 19.8. The number of nitrogens with zero attached hydrogens (tertiary/aromatic N) is 1. The van der Waals surface area contributed by atoms with Crippen LogP contribution in [0.3, 0.4) is 0 Å². The molecule has 2 N–H and O–H groups in total. The van der Waals surface area contributed by atoms with E-state index in [1.165, 1.54) is 19.1 Å². The number of rotatable bonds is 6. The number of urea groups is 1. The Bertz CT molecular complexity index is 1450. The van der Waals surface area contributed by atoms with Crippen molar-refractivity contribution in [1.82, 2.24) is 10.2 Å². The van der Waals surface area contributed by atoms with Crippen LogP contribution in [0.4, 0.5) is 10.5 Å². The molecule has 184 valence electrons. The van der Waals surface area contributed by atoms with Crippen LogP contribution in [0.15, 0.2) is 48.5 Å². The smallest absolute Gasteiger partial charge is 0.325 e. The van der Waals surface area contributed by atoms with E-state index in [1.54, 1.807) is 20.1 Å². The normalized spacial score (nSPS) is 18.4. The molecule has 10 heteroatoms. The van der Waals surface area contributed by atoms with Gasteiger partial charge in [-0.05, 0) is 54.4 Å². The summed E-state index contributed by atoms with van der Waals surface area (Å²) in [5.41, 5.74) is -0.343. The molecule has 5 rings (SSSR count). The summed E-state index contributed by atoms with van der Waals surface area (Å²) >= 11 is 0. The van der Waals surface area contributed by atoms with E-state index < -0.39 is 29.9 Å². The molecule has 0 aromatic heterocycles. The summed E-state index contributed by atoms with van der Waals surface area (Å²) in [5, 5.41) is 7.10. The number of imide groups is 1. The van der Waals surface area contributed by atoms with Crippen molar-refractivity contribution >= 4 is 40.1 Å². The molecule has 1 saturated heterocycles. The number of Topliss-reactive ketones (excluding diaryl/α,β-unsaturated/α-hetero) is 1. The van der Waals surface area contributed by atoms with E-state index in [0.717, 1.165) is 15.7 Å². The molecule has 36 heavy (non-hydrogen) atoms. The van der Waals surface area contributed by atoms with Gasteiger partial charge >= 0.3 is 6.03 Å². The molecule has 0 bridgehead atoms. The zero-order valence-corrected chi connectivity index (χ0v) is 19.8. The Balaban J connectivity index is 1.36. The summed E-state index contributed by atoms with van der Waals surface area (Å²) in [7, 11) is 1.58. The maximum Gasteiger partial charge on any atom is 0.325 e. The minimum Gasteiger partial charge on any atom is -0.497 e. The molecular weight excluding hydrogens is 466 g/mol. The first kappa shape index (κ1) is 23.2. The first-order valence-corrected chi connectivity index (χ1v) is 11.2. The number of hydrogen-bond acceptors (Lipinski definition) is 7. The van der Waals surface area contributed by atoms with Gasteiger partial charge in [-0.25, -0.2) is 4.79 Å². The van der Waals surface area contributed by atoms with Gasteiger partial charge in [0.25, 0.3) is 5.91 Å². The van der Waals surface area contributed by atoms with Gasteiger partial charge in [0.2, 0.25) is 12.7 Å². The number of fused-ring (bicyclic) bond motifs is 2. The van der Waals surface area contributed by atoms with E-state index in [0.29, 0.717) is 22.8 Å². The fourth-order valence-corrected chi connectivity index (χ4v) is 4.37. The molecule has 0 radical (unpaired) electrons. The predicted octanol–water partition coefficient (Wildman–Crippen LogP) is 3.19. The van der Waals surface area contributed by atoms with Crippen LogP contribution in [0, 0.1) is 0 Å². The highest BCUT2D eigenvalue weighted by atomic mass is 16.7. The van der Waals surface area contributed by atoms with Gasteiger partial charge in [-0.15, -0.1) is 0 Å². The highest BCUT2D eigenvalue weighted by Crippen LogP contribution is 2.37. The lowest BCUT2D eigenvalue weighted by molar-refractivity contribution is -0.133. The number of ether oxygens (including phenoxy) is 3. The van der Waals surface area contributed by atoms with Crippen molar-refractivity contribution in [2.24, 2.45) is 0 Å². The van der Waals surface area contributed by atoms with Gasteiger partial charge in [0.15, 0.2) is 17.3 Å². The second kappa shape index (κ2) is 8.56. The molecule has 0 unspecified atom stereocenters. The van der Waals surface area contributed by atoms with Gasteiger partial charge in [-0.3, -0.25) is 19.3 Å². The molecular formula is C26H23N3O7. The highest BCUT2D eigenvalue weighted by molar-refractivity contribution is 6.11. The Morgan fingerprint density at radius 1 is 1.06 bits per heavy atom. The van der Waals surface area contributed by atoms with Crippen LogP contribution in [0.2, 0.25) is 0 Å². The summed E-state index contributed by atoms with van der Waals surface area (Å²) in [6.07, 6.45) is 0. The second-order valence-electron chi connectivity index (χ2n) is 8.73. The molecule has 0 aliphatic carbocycles. The molecule has 0 spiro atoms. The van der Waals surface area contributed by atoms with Crippen LogP contribution >= 0.6 is 0 Å². The van der Waals surface area contributed by atoms with Gasteiger partial charge in [-0.1, -0.05) is 18.2 Å². The molecule has 3 aromatic rings. The number of anilines is 1. The number of amides is 4. The topological polar surface area (TPSA) is 123 Å². The number of nitrogens with one attached hydrogen (secondary N) is 2. The number of ketones is 1. The van der Waals surface area contributed by atoms with Crippen LogP contribution in [0.5, 0.6) is 17.2 Å². The Morgan fingerprint density at radius 3 is 2.47 bits per heavy atom. The molecule has 10 nitrogen and oxygen atoms in total. The van der Waals surface area contributed by atoms with Crippen molar-refractivity contribution in [2.75, 3.05) is 25.8 Å². The third-order valence-corrected chi connectivity index (χ3v) is 6.37. The molecule has 0 saturated carbocycles. The molecule has 2 aliphatic rings. The lowest BCUT2D eigenvalue weighted by Crippen LogP contribution is -2.42. The van der Waals surface area contributed by atoms with Crippen molar-refractivity contribution in [1.29, 1.82) is 0 Å². The highest BCUT2D eigenvalue weighted by Gasteiger charge is 2.49. The van der Waals surface area contributed by atoms with Crippen LogP contribution in [0.1, 0.15) is 29.8 Å². The Hall–Kier alpha value is -4.60. The van der Waals surface area contributed by atoms with E-state index in [1.807, 2.05) is 30.3 Å². The minimum absolute atomic E-state index is 0.00737. The second-order valence-corrected chi connectivity index (χ2v) is 8.73. The van der Waals surface area contributed by atoms with Crippen LogP contribution < -0.4 is 24.8 Å². The van der Waals surface area contributed by atoms with Gasteiger partial charge in [0, 0.05) is 11.6 Å². The summed E-state index contributed by atoms with van der Waals surface area (Å²) < 4.78 is 15.9. The number of carbonyl (C=O) groups excluding carboxylic acids is 4. The fraction of sp³-hybridized carbons (Fsp3) is 0.231. The van der Waals surface area contributed by atoms with Crippen LogP contribution in [0.25, 0.3) is 10.8 Å². The van der Waals surface area contributed by atoms with E-state index in [2.05, 4.69) is 10.6 Å². The number of hydrogen-bond donors (Lipinski definition) is 2. The average Bonchev–Trinajstić information content (AvgIpc) is 3.40. The van der Waals surface area contributed by atoms with E-state index in [4.69, 9.17) is 14.2 Å². The molecule has 1 atom stereocenters. The van der Waals surface area contributed by atoms with Gasteiger partial charge in [0.1, 0.15) is 17.8 Å². The maximum atomic E-state index is 13.3. The largest absolute Gasteiger partial charge is 0.497 e. The van der Waals surface area contributed by atoms with Gasteiger partial charge in [-0.2, -0.15) is 0 Å². The van der Waals surface area contributed by atoms with E-state index in [9.17, 15) is 19.2 Å². The van der Waals surface area contributed by atoms with Crippen molar-refractivity contribution in [3.05, 3.63) is 59.7 Å². The number of benzene rings is 3. The first-order valence-electron chi connectivity index (χ1n) is 11.2. The van der Waals surface area contributed by atoms with Gasteiger partial charge in [0.05, 0.1) is 12.8 Å². The quantitative estimate of drug-likeness (QED) is 0.403. The predicted molar refractivity (Wildman–Crippen MR) is 129 cm³/mol. The summed E-state index contributed by atoms with van der Waals surface area (Å²) in [6.45, 7) is 2.43. The average molecular weight is 489 g/mol. The Kier molecular flexibility index (Phi) is 5.51. The summed E-state index contributed by atoms with van der Waals surface area (Å²) in [4.78, 5) is 51.9. The third-order valence-electron chi connectivity index (χ3n) is 6.37. The maximum absolute atomic E-state index is 13.3. The van der Waals surface area contributed by atoms with Crippen molar-refractivity contribution in [2.45, 2.75) is 19.4 Å². The van der Waals surface area contributed by atoms with Crippen LogP contribution in [-0.2, 0) is 15.1 Å². The summed E-state index contributed by atoms with van der Waals surface area (Å²) in [6, 6.07) is 13.3.